The van der Waals surface area contributed by atoms with Gasteiger partial charge in [-0.1, -0.05) is 25.7 Å². The van der Waals surface area contributed by atoms with Crippen molar-refractivity contribution in [3.63, 3.8) is 0 Å². The first kappa shape index (κ1) is 11.9. The van der Waals surface area contributed by atoms with Gasteiger partial charge < -0.3 is 10.2 Å². The molecule has 0 aromatic carbocycles. The van der Waals surface area contributed by atoms with E-state index in [1.807, 2.05) is 0 Å². The number of amides is 1. The first-order valence-corrected chi connectivity index (χ1v) is 6.85. The molecule has 0 spiro atoms. The summed E-state index contributed by atoms with van der Waals surface area (Å²) < 4.78 is 0. The Balaban J connectivity index is 1.69. The molecule has 1 saturated carbocycles. The summed E-state index contributed by atoms with van der Waals surface area (Å²) in [6.45, 7) is 3.89. The van der Waals surface area contributed by atoms with E-state index in [1.165, 1.54) is 25.7 Å². The fourth-order valence-electron chi connectivity index (χ4n) is 2.88. The summed E-state index contributed by atoms with van der Waals surface area (Å²) in [4.78, 5) is 14.1. The maximum Gasteiger partial charge on any atom is 0.222 e. The zero-order chi connectivity index (χ0) is 11.2. The standard InChI is InChI=1S/C13H24N2O/c16-13(7-6-12-4-1-2-5-12)15-10-3-8-14-9-11-15/h12,14H,1-11H2. The van der Waals surface area contributed by atoms with Crippen molar-refractivity contribution in [1.82, 2.24) is 10.2 Å². The molecule has 92 valence electrons. The lowest BCUT2D eigenvalue weighted by Crippen LogP contribution is -2.34. The van der Waals surface area contributed by atoms with E-state index < -0.39 is 0 Å². The Morgan fingerprint density at radius 1 is 1.12 bits per heavy atom. The van der Waals surface area contributed by atoms with Gasteiger partial charge in [0.1, 0.15) is 0 Å². The van der Waals surface area contributed by atoms with Crippen molar-refractivity contribution in [1.29, 1.82) is 0 Å². The number of rotatable bonds is 3. The van der Waals surface area contributed by atoms with Crippen molar-refractivity contribution in [2.75, 3.05) is 26.2 Å². The van der Waals surface area contributed by atoms with Crippen LogP contribution in [0.3, 0.4) is 0 Å². The van der Waals surface area contributed by atoms with Crippen molar-refractivity contribution in [3.05, 3.63) is 0 Å². The van der Waals surface area contributed by atoms with E-state index in [9.17, 15) is 4.79 Å². The smallest absolute Gasteiger partial charge is 0.222 e. The van der Waals surface area contributed by atoms with Gasteiger partial charge in [-0.2, -0.15) is 0 Å². The molecular weight excluding hydrogens is 200 g/mol. The van der Waals surface area contributed by atoms with E-state index >= 15 is 0 Å². The Morgan fingerprint density at radius 2 is 1.94 bits per heavy atom. The second kappa shape index (κ2) is 6.24. The second-order valence-electron chi connectivity index (χ2n) is 5.17. The van der Waals surface area contributed by atoms with Crippen molar-refractivity contribution < 1.29 is 4.79 Å². The molecule has 1 amide bonds. The summed E-state index contributed by atoms with van der Waals surface area (Å²) in [5.41, 5.74) is 0. The van der Waals surface area contributed by atoms with Crippen LogP contribution in [-0.4, -0.2) is 37.0 Å². The number of nitrogens with one attached hydrogen (secondary N) is 1. The molecule has 1 saturated heterocycles. The van der Waals surface area contributed by atoms with Gasteiger partial charge in [0.15, 0.2) is 0 Å². The van der Waals surface area contributed by atoms with E-state index in [4.69, 9.17) is 0 Å². The van der Waals surface area contributed by atoms with Crippen molar-refractivity contribution in [2.45, 2.75) is 44.9 Å². The molecule has 0 unspecified atom stereocenters. The maximum atomic E-state index is 12.0. The fraction of sp³-hybridized carbons (Fsp3) is 0.923. The van der Waals surface area contributed by atoms with Gasteiger partial charge in [0.2, 0.25) is 5.91 Å². The zero-order valence-electron chi connectivity index (χ0n) is 10.2. The minimum atomic E-state index is 0.385. The molecule has 1 heterocycles. The van der Waals surface area contributed by atoms with Crippen molar-refractivity contribution in [2.24, 2.45) is 5.92 Å². The average Bonchev–Trinajstić information content (AvgIpc) is 2.66. The molecule has 1 aliphatic heterocycles. The lowest BCUT2D eigenvalue weighted by Gasteiger charge is -2.20. The first-order valence-electron chi connectivity index (χ1n) is 6.85. The van der Waals surface area contributed by atoms with Crippen LogP contribution in [0.1, 0.15) is 44.9 Å². The lowest BCUT2D eigenvalue weighted by atomic mass is 10.0. The highest BCUT2D eigenvalue weighted by Crippen LogP contribution is 2.28. The van der Waals surface area contributed by atoms with Crippen LogP contribution in [0.2, 0.25) is 0 Å². The third kappa shape index (κ3) is 3.48. The summed E-state index contributed by atoms with van der Waals surface area (Å²) in [7, 11) is 0. The lowest BCUT2D eigenvalue weighted by molar-refractivity contribution is -0.131. The molecular formula is C13H24N2O. The van der Waals surface area contributed by atoms with Crippen LogP contribution < -0.4 is 5.32 Å². The van der Waals surface area contributed by atoms with Gasteiger partial charge in [0.05, 0.1) is 0 Å². The third-order valence-electron chi connectivity index (χ3n) is 3.93. The number of nitrogens with zero attached hydrogens (tertiary/aromatic N) is 1. The van der Waals surface area contributed by atoms with Gasteiger partial charge in [-0.25, -0.2) is 0 Å². The Hall–Kier alpha value is -0.570. The van der Waals surface area contributed by atoms with E-state index in [2.05, 4.69) is 10.2 Å². The van der Waals surface area contributed by atoms with E-state index in [0.29, 0.717) is 5.91 Å². The van der Waals surface area contributed by atoms with Gasteiger partial charge in [-0.05, 0) is 25.3 Å². The topological polar surface area (TPSA) is 32.3 Å². The predicted octanol–water partition coefficient (Wildman–Crippen LogP) is 1.78. The monoisotopic (exact) mass is 224 g/mol. The first-order chi connectivity index (χ1) is 7.86. The maximum absolute atomic E-state index is 12.0. The fourth-order valence-corrected chi connectivity index (χ4v) is 2.88. The molecule has 0 aromatic rings. The Bertz CT molecular complexity index is 216. The highest BCUT2D eigenvalue weighted by molar-refractivity contribution is 5.76. The molecule has 3 heteroatoms. The predicted molar refractivity (Wildman–Crippen MR) is 65.3 cm³/mol. The van der Waals surface area contributed by atoms with Crippen LogP contribution in [-0.2, 0) is 4.79 Å². The Kier molecular flexibility index (Phi) is 4.64. The summed E-state index contributed by atoms with van der Waals surface area (Å²) >= 11 is 0. The molecule has 2 rings (SSSR count). The second-order valence-corrected chi connectivity index (χ2v) is 5.17. The number of hydrogen-bond acceptors (Lipinski definition) is 2. The summed E-state index contributed by atoms with van der Waals surface area (Å²) in [5, 5.41) is 3.34. The van der Waals surface area contributed by atoms with Gasteiger partial charge in [0.25, 0.3) is 0 Å². The molecule has 16 heavy (non-hydrogen) atoms. The molecule has 0 atom stereocenters. The largest absolute Gasteiger partial charge is 0.341 e. The van der Waals surface area contributed by atoms with E-state index in [1.54, 1.807) is 0 Å². The molecule has 1 aliphatic carbocycles. The SMILES string of the molecule is O=C(CCC1CCCC1)N1CCCNCC1. The van der Waals surface area contributed by atoms with Gasteiger partial charge in [0, 0.05) is 26.1 Å². The summed E-state index contributed by atoms with van der Waals surface area (Å²) in [5.74, 6) is 1.23. The average molecular weight is 224 g/mol. The Morgan fingerprint density at radius 3 is 2.75 bits per heavy atom. The number of carbonyl (C=O) groups excluding carboxylic acids is 1. The van der Waals surface area contributed by atoms with Gasteiger partial charge in [-0.15, -0.1) is 0 Å². The molecule has 3 nitrogen and oxygen atoms in total. The molecule has 0 bridgehead atoms. The van der Waals surface area contributed by atoms with E-state index in [-0.39, 0.29) is 0 Å². The molecule has 0 radical (unpaired) electrons. The van der Waals surface area contributed by atoms with Crippen LogP contribution >= 0.6 is 0 Å². The van der Waals surface area contributed by atoms with Crippen LogP contribution in [0.25, 0.3) is 0 Å². The van der Waals surface area contributed by atoms with Crippen LogP contribution in [0.5, 0.6) is 0 Å². The van der Waals surface area contributed by atoms with E-state index in [0.717, 1.165) is 51.4 Å². The molecule has 2 aliphatic rings. The minimum Gasteiger partial charge on any atom is -0.341 e. The minimum absolute atomic E-state index is 0.385. The molecule has 1 N–H and O–H groups in total. The number of carbonyl (C=O) groups is 1. The van der Waals surface area contributed by atoms with Crippen LogP contribution in [0.15, 0.2) is 0 Å². The Labute approximate surface area is 98.6 Å². The van der Waals surface area contributed by atoms with Gasteiger partial charge >= 0.3 is 0 Å². The van der Waals surface area contributed by atoms with Crippen LogP contribution in [0, 0.1) is 5.92 Å². The summed E-state index contributed by atoms with van der Waals surface area (Å²) in [6.07, 6.45) is 8.49. The normalized spacial score (nSPS) is 23.4. The van der Waals surface area contributed by atoms with Crippen molar-refractivity contribution in [3.8, 4) is 0 Å². The molecule has 2 fully saturated rings. The summed E-state index contributed by atoms with van der Waals surface area (Å²) in [6, 6.07) is 0. The quantitative estimate of drug-likeness (QED) is 0.792. The third-order valence-corrected chi connectivity index (χ3v) is 3.93. The highest BCUT2D eigenvalue weighted by atomic mass is 16.2. The zero-order valence-corrected chi connectivity index (χ0v) is 10.2. The number of hydrogen-bond donors (Lipinski definition) is 1. The van der Waals surface area contributed by atoms with Crippen molar-refractivity contribution >= 4 is 5.91 Å². The van der Waals surface area contributed by atoms with Gasteiger partial charge in [-0.3, -0.25) is 4.79 Å². The molecule has 0 aromatic heterocycles. The highest BCUT2D eigenvalue weighted by Gasteiger charge is 2.19. The van der Waals surface area contributed by atoms with Crippen LogP contribution in [0.4, 0.5) is 0 Å².